The van der Waals surface area contributed by atoms with Crippen molar-refractivity contribution in [3.05, 3.63) is 0 Å². The number of rotatable bonds is 17. The lowest BCUT2D eigenvalue weighted by atomic mass is 9.30. The van der Waals surface area contributed by atoms with Crippen molar-refractivity contribution in [2.24, 2.45) is 50.2 Å². The molecule has 12 rings (SSSR count). The molecule has 39 atom stereocenters. The first kappa shape index (κ1) is 74.2. The summed E-state index contributed by atoms with van der Waals surface area (Å²) >= 11 is 0. The Hall–Kier alpha value is -1.57. The van der Waals surface area contributed by atoms with Gasteiger partial charge in [-0.1, -0.05) is 41.5 Å². The third kappa shape index (κ3) is 11.9. The molecule has 0 aromatic carbocycles. The SMILES string of the molecule is CC1(C=O)CCC23COC4(CCC5C6(C)CCC(OC7OCC(OC8OC(COC9OC(CO)C(O)C(O)C9O)C(O)C(OC9OC(CO)C(O)C(O)C9O)C8OC8OCC(O)C(O)C8O)C(O)C7OC7OC(CO)C(O)C(O)C7O)C(C)(C)C6CCC5(C)C4(C)CC2O)C3C1. The van der Waals surface area contributed by atoms with Crippen molar-refractivity contribution < 1.29 is 158 Å². The Morgan fingerprint density at radius 3 is 1.59 bits per heavy atom. The lowest BCUT2D eigenvalue weighted by Crippen LogP contribution is -2.74. The van der Waals surface area contributed by atoms with Gasteiger partial charge >= 0.3 is 0 Å². The topological polar surface area (TPSA) is 501 Å². The molecule has 12 fully saturated rings. The second-order valence-corrected chi connectivity index (χ2v) is 31.5. The van der Waals surface area contributed by atoms with Crippen molar-refractivity contribution in [3.63, 3.8) is 0 Å². The third-order valence-electron chi connectivity index (χ3n) is 26.2. The molecule has 7 aliphatic heterocycles. The zero-order valence-corrected chi connectivity index (χ0v) is 54.9. The standard InChI is InChI=1S/C64H104O32/c1-58(2)31-7-11-61(5)32(8-12-64-33-15-59(3,23-68)13-14-63(33,24-87-64)34(70)16-62(61,64)6)60(31,4)10-9-35(58)93-56-50(95-55-48(83)44(79)39(74)28(19-67)90-55)41(76)30(22-86-56)92-57-51(96-53-45(80)36(71)25(69)20-84-53)49(94-54-47(82)43(78)38(73)27(18-66)89-54)40(75)29(91-57)21-85-52-46(81)42(77)37(72)26(17-65)88-52/h23,25-57,65-67,69-83H,7-22,24H2,1-6H3. The summed E-state index contributed by atoms with van der Waals surface area (Å²) in [6.45, 7) is 9.02. The predicted molar refractivity (Wildman–Crippen MR) is 316 cm³/mol. The van der Waals surface area contributed by atoms with E-state index in [0.717, 1.165) is 38.4 Å². The minimum absolute atomic E-state index is 0.00932. The zero-order chi connectivity index (χ0) is 69.5. The van der Waals surface area contributed by atoms with E-state index in [1.807, 2.05) is 6.92 Å². The van der Waals surface area contributed by atoms with Gasteiger partial charge in [0.2, 0.25) is 0 Å². The van der Waals surface area contributed by atoms with Gasteiger partial charge in [-0.05, 0) is 98.2 Å². The zero-order valence-electron chi connectivity index (χ0n) is 54.9. The van der Waals surface area contributed by atoms with Crippen LogP contribution in [0.2, 0.25) is 0 Å². The maximum Gasteiger partial charge on any atom is 0.187 e. The van der Waals surface area contributed by atoms with Crippen molar-refractivity contribution >= 4 is 6.29 Å². The highest BCUT2D eigenvalue weighted by molar-refractivity contribution is 5.59. The van der Waals surface area contributed by atoms with Crippen LogP contribution in [0.25, 0.3) is 0 Å². The molecule has 7 saturated heterocycles. The molecule has 0 amide bonds. The van der Waals surface area contributed by atoms with E-state index in [4.69, 9.17) is 61.6 Å². The van der Waals surface area contributed by atoms with Crippen LogP contribution in [0.4, 0.5) is 0 Å². The Balaban J connectivity index is 0.844. The number of fused-ring (bicyclic) bond motifs is 4. The van der Waals surface area contributed by atoms with Gasteiger partial charge in [0.05, 0.1) is 64.1 Å². The van der Waals surface area contributed by atoms with Gasteiger partial charge in [0.15, 0.2) is 37.7 Å². The summed E-state index contributed by atoms with van der Waals surface area (Å²) in [5.41, 5.74) is -3.16. The molecule has 12 aliphatic rings. The van der Waals surface area contributed by atoms with E-state index in [1.54, 1.807) is 0 Å². The normalized spacial score (nSPS) is 57.2. The first-order chi connectivity index (χ1) is 45.2. The van der Waals surface area contributed by atoms with Crippen LogP contribution < -0.4 is 0 Å². The number of aliphatic hydroxyl groups is 18. The fourth-order valence-corrected chi connectivity index (χ4v) is 20.2. The number of carbonyl (C=O) groups is 1. The quantitative estimate of drug-likeness (QED) is 0.0476. The molecule has 1 spiro atoms. The van der Waals surface area contributed by atoms with Gasteiger partial charge in [0.1, 0.15) is 141 Å². The lowest BCUT2D eigenvalue weighted by molar-refractivity contribution is -0.407. The van der Waals surface area contributed by atoms with Gasteiger partial charge in [-0.25, -0.2) is 0 Å². The molecule has 5 saturated carbocycles. The first-order valence-corrected chi connectivity index (χ1v) is 34.1. The molecular weight excluding hydrogens is 1280 g/mol. The van der Waals surface area contributed by atoms with Crippen molar-refractivity contribution in [2.45, 2.75) is 296 Å². The summed E-state index contributed by atoms with van der Waals surface area (Å²) in [5.74, 6) is 0.190. The summed E-state index contributed by atoms with van der Waals surface area (Å²) in [6, 6.07) is 0. The highest BCUT2D eigenvalue weighted by atomic mass is 16.8. The molecule has 5 aliphatic carbocycles. The Morgan fingerprint density at radius 2 is 0.990 bits per heavy atom. The molecule has 96 heavy (non-hydrogen) atoms. The second kappa shape index (κ2) is 27.5. The monoisotopic (exact) mass is 1380 g/mol. The van der Waals surface area contributed by atoms with Gasteiger partial charge in [-0.2, -0.15) is 0 Å². The van der Waals surface area contributed by atoms with Crippen LogP contribution in [0.1, 0.15) is 106 Å². The molecule has 2 bridgehead atoms. The minimum Gasteiger partial charge on any atom is -0.394 e. The van der Waals surface area contributed by atoms with Gasteiger partial charge < -0.3 is 158 Å². The number of hydrogen-bond acceptors (Lipinski definition) is 32. The fourth-order valence-electron chi connectivity index (χ4n) is 20.2. The first-order valence-electron chi connectivity index (χ1n) is 34.1. The van der Waals surface area contributed by atoms with E-state index in [-0.39, 0.29) is 28.6 Å². The average molecular weight is 1390 g/mol. The number of aliphatic hydroxyl groups excluding tert-OH is 18. The number of ether oxygens (including phenoxy) is 13. The van der Waals surface area contributed by atoms with Crippen LogP contribution >= 0.6 is 0 Å². The molecule has 0 aromatic rings. The van der Waals surface area contributed by atoms with Crippen molar-refractivity contribution in [1.82, 2.24) is 0 Å². The summed E-state index contributed by atoms with van der Waals surface area (Å²) in [5, 5.41) is 199. The van der Waals surface area contributed by atoms with E-state index in [0.29, 0.717) is 38.7 Å². The molecule has 32 nitrogen and oxygen atoms in total. The molecule has 18 N–H and O–H groups in total. The summed E-state index contributed by atoms with van der Waals surface area (Å²) < 4.78 is 81.1. The smallest absolute Gasteiger partial charge is 0.187 e. The van der Waals surface area contributed by atoms with E-state index in [2.05, 4.69) is 34.6 Å². The molecule has 7 heterocycles. The Morgan fingerprint density at radius 1 is 0.448 bits per heavy atom. The van der Waals surface area contributed by atoms with E-state index in [1.165, 1.54) is 0 Å². The largest absolute Gasteiger partial charge is 0.394 e. The van der Waals surface area contributed by atoms with E-state index >= 15 is 0 Å². The van der Waals surface area contributed by atoms with Crippen LogP contribution in [-0.4, -0.2) is 334 Å². The maximum absolute atomic E-state index is 12.9. The highest BCUT2D eigenvalue weighted by Crippen LogP contribution is 2.80. The van der Waals surface area contributed by atoms with Crippen LogP contribution in [-0.2, 0) is 66.4 Å². The van der Waals surface area contributed by atoms with Gasteiger partial charge in [-0.15, -0.1) is 0 Å². The second-order valence-electron chi connectivity index (χ2n) is 31.5. The average Bonchev–Trinajstić information content (AvgIpc) is 1.29. The Labute approximate surface area is 555 Å². The van der Waals surface area contributed by atoms with Crippen molar-refractivity contribution in [2.75, 3.05) is 46.2 Å². The van der Waals surface area contributed by atoms with Crippen LogP contribution in [0.15, 0.2) is 0 Å². The highest BCUT2D eigenvalue weighted by Gasteiger charge is 2.80. The maximum atomic E-state index is 12.9. The van der Waals surface area contributed by atoms with Crippen molar-refractivity contribution in [1.29, 1.82) is 0 Å². The van der Waals surface area contributed by atoms with E-state index in [9.17, 15) is 96.7 Å². The molecule has 32 heteroatoms. The number of hydrogen-bond donors (Lipinski definition) is 18. The minimum atomic E-state index is -2.14. The molecule has 0 aromatic heterocycles. The predicted octanol–water partition coefficient (Wildman–Crippen LogP) is -6.25. The van der Waals surface area contributed by atoms with Crippen LogP contribution in [0.5, 0.6) is 0 Å². The molecule has 552 valence electrons. The summed E-state index contributed by atoms with van der Waals surface area (Å²) in [6.07, 6.45) is -46.0. The van der Waals surface area contributed by atoms with E-state index < -0.39 is 251 Å². The summed E-state index contributed by atoms with van der Waals surface area (Å²) in [4.78, 5) is 12.7. The van der Waals surface area contributed by atoms with Gasteiger partial charge in [-0.3, -0.25) is 0 Å². The fraction of sp³-hybridized carbons (Fsp3) is 0.984. The lowest BCUT2D eigenvalue weighted by Gasteiger charge is -2.75. The molecular formula is C64H104O32. The van der Waals surface area contributed by atoms with Crippen molar-refractivity contribution in [3.8, 4) is 0 Å². The third-order valence-corrected chi connectivity index (χ3v) is 26.2. The molecule has 0 radical (unpaired) electrons. The Bertz CT molecular complexity index is 2670. The van der Waals surface area contributed by atoms with Gasteiger partial charge in [0.25, 0.3) is 0 Å². The number of carbonyl (C=O) groups excluding carboxylic acids is 1. The molecule has 39 unspecified atom stereocenters. The number of aldehydes is 1. The van der Waals surface area contributed by atoms with Crippen LogP contribution in [0, 0.1) is 50.2 Å². The van der Waals surface area contributed by atoms with Gasteiger partial charge in [0, 0.05) is 16.2 Å². The van der Waals surface area contributed by atoms with Crippen LogP contribution in [0.3, 0.4) is 0 Å². The summed E-state index contributed by atoms with van der Waals surface area (Å²) in [7, 11) is 0. The Kier molecular flexibility index (Phi) is 21.2.